The third-order valence-corrected chi connectivity index (χ3v) is 5.92. The first-order valence-electron chi connectivity index (χ1n) is 10.3. The van der Waals surface area contributed by atoms with Gasteiger partial charge in [0.2, 0.25) is 0 Å². The molecule has 5 heteroatoms. The van der Waals surface area contributed by atoms with Crippen LogP contribution in [0, 0.1) is 6.92 Å². The van der Waals surface area contributed by atoms with Gasteiger partial charge in [-0.15, -0.1) is 0 Å². The molecule has 3 aromatic rings. The topological polar surface area (TPSA) is 45.3 Å². The van der Waals surface area contributed by atoms with Gasteiger partial charge in [0.05, 0.1) is 7.11 Å². The minimum Gasteiger partial charge on any atom is -0.466 e. The van der Waals surface area contributed by atoms with Crippen LogP contribution in [0.15, 0.2) is 54.6 Å². The van der Waals surface area contributed by atoms with Crippen molar-refractivity contribution in [1.82, 2.24) is 9.88 Å². The molecule has 2 aromatic carbocycles. The van der Waals surface area contributed by atoms with Crippen molar-refractivity contribution in [2.45, 2.75) is 38.5 Å². The molecule has 30 heavy (non-hydrogen) atoms. The molecule has 1 saturated heterocycles. The van der Waals surface area contributed by atoms with Crippen molar-refractivity contribution in [2.24, 2.45) is 0 Å². The summed E-state index contributed by atoms with van der Waals surface area (Å²) in [5, 5.41) is 1.24. The molecule has 0 bridgehead atoms. The predicted octanol–water partition coefficient (Wildman–Crippen LogP) is 4.82. The summed E-state index contributed by atoms with van der Waals surface area (Å²) in [6.45, 7) is 3.28. The van der Waals surface area contributed by atoms with Crippen molar-refractivity contribution in [3.05, 3.63) is 77.0 Å². The van der Waals surface area contributed by atoms with E-state index < -0.39 is 6.17 Å². The Kier molecular flexibility index (Phi) is 6.00. The number of carbonyl (C=O) groups is 1. The second kappa shape index (κ2) is 8.84. The van der Waals surface area contributed by atoms with E-state index in [9.17, 15) is 9.18 Å². The van der Waals surface area contributed by atoms with Crippen molar-refractivity contribution < 1.29 is 13.9 Å². The molecule has 1 aliphatic rings. The van der Waals surface area contributed by atoms with E-state index in [-0.39, 0.29) is 12.0 Å². The minimum atomic E-state index is -0.789. The fourth-order valence-corrected chi connectivity index (χ4v) is 4.36. The van der Waals surface area contributed by atoms with Gasteiger partial charge in [0.25, 0.3) is 0 Å². The SMILES string of the molecule is COC(=O)C=Cc1ccc(CN2CC(F)CC2Cc2c(C)[nH]c3ccccc23)cc1. The van der Waals surface area contributed by atoms with Gasteiger partial charge in [-0.25, -0.2) is 9.18 Å². The van der Waals surface area contributed by atoms with Crippen LogP contribution in [0.1, 0.15) is 28.8 Å². The molecular formula is C25H27FN2O2. The number of methoxy groups -OCH3 is 1. The highest BCUT2D eigenvalue weighted by Crippen LogP contribution is 2.30. The maximum absolute atomic E-state index is 14.3. The number of hydrogen-bond donors (Lipinski definition) is 1. The van der Waals surface area contributed by atoms with E-state index in [1.165, 1.54) is 29.8 Å². The Hall–Kier alpha value is -2.92. The minimum absolute atomic E-state index is 0.178. The monoisotopic (exact) mass is 406 g/mol. The molecule has 1 fully saturated rings. The van der Waals surface area contributed by atoms with E-state index in [0.717, 1.165) is 23.1 Å². The third kappa shape index (κ3) is 4.46. The summed E-state index contributed by atoms with van der Waals surface area (Å²) in [5.41, 5.74) is 5.67. The Morgan fingerprint density at radius 3 is 2.77 bits per heavy atom. The van der Waals surface area contributed by atoms with Crippen molar-refractivity contribution in [2.75, 3.05) is 13.7 Å². The van der Waals surface area contributed by atoms with Gasteiger partial charge < -0.3 is 9.72 Å². The lowest BCUT2D eigenvalue weighted by Crippen LogP contribution is -2.31. The van der Waals surface area contributed by atoms with E-state index in [0.29, 0.717) is 19.5 Å². The van der Waals surface area contributed by atoms with Crippen LogP contribution in [0.4, 0.5) is 4.39 Å². The summed E-state index contributed by atoms with van der Waals surface area (Å²) in [4.78, 5) is 16.9. The number of esters is 1. The van der Waals surface area contributed by atoms with E-state index in [1.807, 2.05) is 30.3 Å². The van der Waals surface area contributed by atoms with Gasteiger partial charge >= 0.3 is 5.97 Å². The average Bonchev–Trinajstić information content (AvgIpc) is 3.26. The number of benzene rings is 2. The van der Waals surface area contributed by atoms with Gasteiger partial charge in [0.15, 0.2) is 0 Å². The highest BCUT2D eigenvalue weighted by atomic mass is 19.1. The third-order valence-electron chi connectivity index (χ3n) is 5.92. The lowest BCUT2D eigenvalue weighted by atomic mass is 10.0. The number of nitrogens with one attached hydrogen (secondary N) is 1. The average molecular weight is 407 g/mol. The van der Waals surface area contributed by atoms with Crippen LogP contribution < -0.4 is 0 Å². The molecule has 2 atom stereocenters. The number of aromatic nitrogens is 1. The molecule has 0 aliphatic carbocycles. The Bertz CT molecular complexity index is 1050. The fraction of sp³-hybridized carbons (Fsp3) is 0.320. The molecule has 4 rings (SSSR count). The molecule has 0 saturated carbocycles. The highest BCUT2D eigenvalue weighted by Gasteiger charge is 2.32. The van der Waals surface area contributed by atoms with E-state index in [2.05, 4.69) is 39.7 Å². The van der Waals surface area contributed by atoms with E-state index in [4.69, 9.17) is 0 Å². The molecule has 0 radical (unpaired) electrons. The molecule has 2 unspecified atom stereocenters. The molecule has 156 valence electrons. The van der Waals surface area contributed by atoms with Gasteiger partial charge in [-0.05, 0) is 48.6 Å². The van der Waals surface area contributed by atoms with Crippen LogP contribution in [0.5, 0.6) is 0 Å². The number of hydrogen-bond acceptors (Lipinski definition) is 3. The number of halogens is 1. The number of para-hydroxylation sites is 1. The summed E-state index contributed by atoms with van der Waals surface area (Å²) in [7, 11) is 1.36. The largest absolute Gasteiger partial charge is 0.466 e. The first kappa shape index (κ1) is 20.4. The van der Waals surface area contributed by atoms with Crippen molar-refractivity contribution in [1.29, 1.82) is 0 Å². The molecular weight excluding hydrogens is 379 g/mol. The molecule has 4 nitrogen and oxygen atoms in total. The van der Waals surface area contributed by atoms with Gasteiger partial charge in [0, 0.05) is 41.8 Å². The molecule has 1 aliphatic heterocycles. The normalized spacial score (nSPS) is 19.7. The van der Waals surface area contributed by atoms with Crippen molar-refractivity contribution in [3.8, 4) is 0 Å². The fourth-order valence-electron chi connectivity index (χ4n) is 4.36. The second-order valence-electron chi connectivity index (χ2n) is 7.99. The number of likely N-dealkylation sites (tertiary alicyclic amines) is 1. The van der Waals surface area contributed by atoms with Crippen LogP contribution in [0.25, 0.3) is 17.0 Å². The second-order valence-corrected chi connectivity index (χ2v) is 7.99. The number of aryl methyl sites for hydroxylation is 1. The lowest BCUT2D eigenvalue weighted by molar-refractivity contribution is -0.134. The molecule has 0 spiro atoms. The summed E-state index contributed by atoms with van der Waals surface area (Å²) in [6.07, 6.45) is 3.76. The zero-order valence-electron chi connectivity index (χ0n) is 17.4. The van der Waals surface area contributed by atoms with E-state index in [1.54, 1.807) is 6.08 Å². The van der Waals surface area contributed by atoms with Crippen LogP contribution in [-0.2, 0) is 22.5 Å². The van der Waals surface area contributed by atoms with Gasteiger partial charge in [0.1, 0.15) is 6.17 Å². The van der Waals surface area contributed by atoms with Crippen LogP contribution >= 0.6 is 0 Å². The highest BCUT2D eigenvalue weighted by molar-refractivity contribution is 5.87. The molecule has 0 amide bonds. The zero-order valence-corrected chi connectivity index (χ0v) is 17.4. The summed E-state index contributed by atoms with van der Waals surface area (Å²) >= 11 is 0. The van der Waals surface area contributed by atoms with Gasteiger partial charge in [-0.3, -0.25) is 4.90 Å². The number of alkyl halides is 1. The maximum Gasteiger partial charge on any atom is 0.330 e. The Morgan fingerprint density at radius 2 is 2.00 bits per heavy atom. The Labute approximate surface area is 176 Å². The van der Waals surface area contributed by atoms with Crippen LogP contribution in [0.3, 0.4) is 0 Å². The molecule has 1 N–H and O–H groups in total. The smallest absolute Gasteiger partial charge is 0.330 e. The predicted molar refractivity (Wildman–Crippen MR) is 118 cm³/mol. The maximum atomic E-state index is 14.3. The number of ether oxygens (including phenoxy) is 1. The summed E-state index contributed by atoms with van der Waals surface area (Å²) in [6, 6.07) is 16.5. The quantitative estimate of drug-likeness (QED) is 0.472. The Balaban J connectivity index is 1.47. The van der Waals surface area contributed by atoms with Crippen LogP contribution in [-0.4, -0.2) is 41.7 Å². The standard InChI is InChI=1S/C25H27FN2O2/c1-17-23(22-5-3-4-6-24(22)27-17)14-21-13-20(26)16-28(21)15-19-9-7-18(8-10-19)11-12-25(29)30-2/h3-12,20-21,27H,13-16H2,1-2H3. The van der Waals surface area contributed by atoms with Crippen molar-refractivity contribution in [3.63, 3.8) is 0 Å². The van der Waals surface area contributed by atoms with Crippen LogP contribution in [0.2, 0.25) is 0 Å². The number of carbonyl (C=O) groups excluding carboxylic acids is 1. The van der Waals surface area contributed by atoms with Gasteiger partial charge in [-0.2, -0.15) is 0 Å². The van der Waals surface area contributed by atoms with Gasteiger partial charge in [-0.1, -0.05) is 42.5 Å². The first-order chi connectivity index (χ1) is 14.5. The number of H-pyrrole nitrogens is 1. The van der Waals surface area contributed by atoms with E-state index >= 15 is 0 Å². The number of rotatable bonds is 6. The lowest BCUT2D eigenvalue weighted by Gasteiger charge is -2.24. The van der Waals surface area contributed by atoms with Crippen molar-refractivity contribution >= 4 is 22.9 Å². The first-order valence-corrected chi connectivity index (χ1v) is 10.3. The molecule has 1 aromatic heterocycles. The Morgan fingerprint density at radius 1 is 1.23 bits per heavy atom. The summed E-state index contributed by atoms with van der Waals surface area (Å²) in [5.74, 6) is -0.374. The zero-order chi connectivity index (χ0) is 21.1. The summed E-state index contributed by atoms with van der Waals surface area (Å²) < 4.78 is 19.0. The molecule has 2 heterocycles. The number of fused-ring (bicyclic) bond motifs is 1. The number of nitrogens with zero attached hydrogens (tertiary/aromatic N) is 1. The number of aromatic amines is 1.